The van der Waals surface area contributed by atoms with Crippen LogP contribution in [-0.2, 0) is 11.3 Å². The van der Waals surface area contributed by atoms with Crippen LogP contribution in [0, 0.1) is 17.8 Å². The van der Waals surface area contributed by atoms with Gasteiger partial charge in [0.2, 0.25) is 17.7 Å². The van der Waals surface area contributed by atoms with Gasteiger partial charge in [0.1, 0.15) is 11.2 Å². The number of nitrogens with zero attached hydrogens (tertiary/aromatic N) is 5. The minimum absolute atomic E-state index is 0.0468. The Hall–Kier alpha value is -3.66. The van der Waals surface area contributed by atoms with Gasteiger partial charge >= 0.3 is 5.76 Å². The third-order valence-corrected chi connectivity index (χ3v) is 9.18. The van der Waals surface area contributed by atoms with Gasteiger partial charge in [-0.3, -0.25) is 9.51 Å². The van der Waals surface area contributed by atoms with Crippen molar-refractivity contribution in [2.24, 2.45) is 17.8 Å². The summed E-state index contributed by atoms with van der Waals surface area (Å²) in [5, 5.41) is 3.91. The zero-order valence-electron chi connectivity index (χ0n) is 23.6. The van der Waals surface area contributed by atoms with Crippen LogP contribution in [0.2, 0.25) is 0 Å². The van der Waals surface area contributed by atoms with E-state index in [9.17, 15) is 4.79 Å². The molecule has 2 aliphatic carbocycles. The minimum Gasteiger partial charge on any atom is -0.476 e. The topological polar surface area (TPSA) is 111 Å². The second kappa shape index (κ2) is 11.3. The highest BCUT2D eigenvalue weighted by atomic mass is 16.5. The van der Waals surface area contributed by atoms with Crippen molar-refractivity contribution in [1.82, 2.24) is 24.7 Å². The molecule has 41 heavy (non-hydrogen) atoms. The number of nitrogens with one attached hydrogen (secondary N) is 1. The van der Waals surface area contributed by atoms with Gasteiger partial charge < -0.3 is 18.9 Å². The molecule has 3 aromatic heterocycles. The molecule has 1 N–H and O–H groups in total. The Morgan fingerprint density at radius 2 is 1.88 bits per heavy atom. The Bertz CT molecular complexity index is 1530. The predicted octanol–water partition coefficient (Wildman–Crippen LogP) is 5.36. The molecule has 3 aliphatic rings. The molecule has 4 aromatic rings. The normalized spacial score (nSPS) is 23.5. The van der Waals surface area contributed by atoms with Gasteiger partial charge in [-0.2, -0.15) is 0 Å². The van der Waals surface area contributed by atoms with Gasteiger partial charge in [-0.1, -0.05) is 61.7 Å². The van der Waals surface area contributed by atoms with Crippen LogP contribution in [0.4, 0.5) is 5.95 Å². The molecule has 4 heterocycles. The Labute approximate surface area is 239 Å². The zero-order valence-corrected chi connectivity index (χ0v) is 23.6. The van der Waals surface area contributed by atoms with Crippen molar-refractivity contribution in [3.05, 3.63) is 52.5 Å². The van der Waals surface area contributed by atoms with Crippen molar-refractivity contribution in [1.29, 1.82) is 0 Å². The third-order valence-electron chi connectivity index (χ3n) is 9.18. The second-order valence-electron chi connectivity index (χ2n) is 12.1. The number of hydrogen-bond donors (Lipinski definition) is 1. The number of H-pyrrole nitrogens is 1. The fraction of sp³-hybridized carbons (Fsp3) is 0.548. The Kier molecular flexibility index (Phi) is 7.24. The fourth-order valence-electron chi connectivity index (χ4n) is 6.48. The first-order valence-electron chi connectivity index (χ1n) is 15.1. The van der Waals surface area contributed by atoms with Crippen LogP contribution in [0.3, 0.4) is 0 Å². The molecule has 0 amide bonds. The SMILES string of the molecule is CC1CCC(Cn2c(N3CCOC[C@H]3c3ccccc3)nc3cc(-c4noc(=O)[nH]4)nc(OCC4CCC4)c32)CC1. The van der Waals surface area contributed by atoms with Crippen LogP contribution in [0.5, 0.6) is 5.88 Å². The van der Waals surface area contributed by atoms with Crippen LogP contribution < -0.4 is 15.4 Å². The summed E-state index contributed by atoms with van der Waals surface area (Å²) < 4.78 is 19.6. The fourth-order valence-corrected chi connectivity index (χ4v) is 6.48. The lowest BCUT2D eigenvalue weighted by atomic mass is 9.83. The van der Waals surface area contributed by atoms with Gasteiger partial charge in [-0.15, -0.1) is 0 Å². The van der Waals surface area contributed by atoms with Crippen molar-refractivity contribution < 1.29 is 14.0 Å². The molecule has 10 heteroatoms. The molecule has 1 aromatic carbocycles. The smallest absolute Gasteiger partial charge is 0.439 e. The number of morpholine rings is 1. The first kappa shape index (κ1) is 26.3. The van der Waals surface area contributed by atoms with E-state index in [1.807, 2.05) is 12.1 Å². The van der Waals surface area contributed by atoms with Crippen molar-refractivity contribution in [2.45, 2.75) is 64.5 Å². The molecule has 0 spiro atoms. The van der Waals surface area contributed by atoms with Crippen molar-refractivity contribution in [3.63, 3.8) is 0 Å². The van der Waals surface area contributed by atoms with E-state index >= 15 is 0 Å². The van der Waals surface area contributed by atoms with Crippen LogP contribution in [0.15, 0.2) is 45.7 Å². The number of ether oxygens (including phenoxy) is 2. The number of anilines is 1. The highest BCUT2D eigenvalue weighted by Gasteiger charge is 2.32. The number of imidazole rings is 1. The summed E-state index contributed by atoms with van der Waals surface area (Å²) in [6, 6.07) is 12.5. The van der Waals surface area contributed by atoms with Crippen LogP contribution >= 0.6 is 0 Å². The zero-order chi connectivity index (χ0) is 27.8. The maximum atomic E-state index is 11.8. The molecule has 7 rings (SSSR count). The van der Waals surface area contributed by atoms with Gasteiger partial charge in [0.15, 0.2) is 0 Å². The molecular formula is C31H38N6O4. The lowest BCUT2D eigenvalue weighted by molar-refractivity contribution is 0.0927. The molecule has 216 valence electrons. The first-order chi connectivity index (χ1) is 20.1. The maximum Gasteiger partial charge on any atom is 0.439 e. The molecule has 10 nitrogen and oxygen atoms in total. The van der Waals surface area contributed by atoms with E-state index < -0.39 is 5.76 Å². The highest BCUT2D eigenvalue weighted by Crippen LogP contribution is 2.39. The second-order valence-corrected chi connectivity index (χ2v) is 12.1. The number of hydrogen-bond acceptors (Lipinski definition) is 8. The third kappa shape index (κ3) is 5.37. The predicted molar refractivity (Wildman–Crippen MR) is 155 cm³/mol. The minimum atomic E-state index is -0.615. The van der Waals surface area contributed by atoms with Crippen molar-refractivity contribution >= 4 is 17.0 Å². The average molecular weight is 559 g/mol. The molecule has 0 bridgehead atoms. The lowest BCUT2D eigenvalue weighted by Crippen LogP contribution is -2.41. The summed E-state index contributed by atoms with van der Waals surface area (Å²) >= 11 is 0. The van der Waals surface area contributed by atoms with E-state index in [1.54, 1.807) is 0 Å². The van der Waals surface area contributed by atoms with Gasteiger partial charge in [0, 0.05) is 13.1 Å². The summed E-state index contributed by atoms with van der Waals surface area (Å²) in [6.45, 7) is 5.81. The van der Waals surface area contributed by atoms with Gasteiger partial charge in [-0.05, 0) is 55.1 Å². The molecule has 1 saturated heterocycles. The summed E-state index contributed by atoms with van der Waals surface area (Å²) in [7, 11) is 0. The molecule has 0 radical (unpaired) electrons. The average Bonchev–Trinajstić information content (AvgIpc) is 3.57. The Balaban J connectivity index is 1.36. The highest BCUT2D eigenvalue weighted by molar-refractivity contribution is 5.86. The van der Waals surface area contributed by atoms with Crippen LogP contribution in [0.25, 0.3) is 22.6 Å². The first-order valence-corrected chi connectivity index (χ1v) is 15.1. The maximum absolute atomic E-state index is 11.8. The molecule has 3 fully saturated rings. The number of benzene rings is 1. The standard InChI is InChI=1S/C31H38N6O4/c1-20-10-12-21(13-11-20)17-37-27-24(33-30(37)36-14-15-39-19-26(36)23-8-3-2-4-9-23)16-25(28-34-31(38)41-35-28)32-29(27)40-18-22-6-5-7-22/h2-4,8-9,16,20-22,26H,5-7,10-15,17-19H2,1H3,(H,34,35,38)/t20?,21?,26-/m0/s1. The molecule has 0 unspecified atom stereocenters. The number of pyridine rings is 1. The number of rotatable bonds is 8. The van der Waals surface area contributed by atoms with Gasteiger partial charge in [0.25, 0.3) is 0 Å². The summed E-state index contributed by atoms with van der Waals surface area (Å²) in [4.78, 5) is 27.0. The van der Waals surface area contributed by atoms with Crippen LogP contribution in [0.1, 0.15) is 63.5 Å². The van der Waals surface area contributed by atoms with Gasteiger partial charge in [0.05, 0.1) is 31.4 Å². The molecule has 1 atom stereocenters. The monoisotopic (exact) mass is 558 g/mol. The lowest BCUT2D eigenvalue weighted by Gasteiger charge is -2.37. The van der Waals surface area contributed by atoms with Gasteiger partial charge in [-0.25, -0.2) is 14.8 Å². The molecule has 1 aliphatic heterocycles. The Morgan fingerprint density at radius 3 is 2.61 bits per heavy atom. The van der Waals surface area contributed by atoms with E-state index in [0.717, 1.165) is 36.0 Å². The number of fused-ring (bicyclic) bond motifs is 1. The van der Waals surface area contributed by atoms with E-state index in [-0.39, 0.29) is 11.9 Å². The summed E-state index contributed by atoms with van der Waals surface area (Å²) in [5.74, 6) is 3.00. The number of aromatic nitrogens is 5. The Morgan fingerprint density at radius 1 is 1.05 bits per heavy atom. The van der Waals surface area contributed by atoms with E-state index in [2.05, 4.69) is 50.8 Å². The molecular weight excluding hydrogens is 520 g/mol. The van der Waals surface area contributed by atoms with Crippen molar-refractivity contribution in [3.8, 4) is 17.4 Å². The quantitative estimate of drug-likeness (QED) is 0.308. The summed E-state index contributed by atoms with van der Waals surface area (Å²) in [5.41, 5.74) is 3.37. The van der Waals surface area contributed by atoms with E-state index in [4.69, 9.17) is 24.0 Å². The summed E-state index contributed by atoms with van der Waals surface area (Å²) in [6.07, 6.45) is 8.52. The molecule has 2 saturated carbocycles. The van der Waals surface area contributed by atoms with E-state index in [1.165, 1.54) is 50.5 Å². The van der Waals surface area contributed by atoms with E-state index in [0.29, 0.717) is 43.2 Å². The van der Waals surface area contributed by atoms with Crippen molar-refractivity contribution in [2.75, 3.05) is 31.3 Å². The largest absolute Gasteiger partial charge is 0.476 e. The van der Waals surface area contributed by atoms with Crippen LogP contribution in [-0.4, -0.2) is 51.0 Å². The number of aromatic amines is 1.